The molecule has 1 amide bonds. The van der Waals surface area contributed by atoms with E-state index in [0.717, 1.165) is 21.5 Å². The van der Waals surface area contributed by atoms with Crippen molar-refractivity contribution < 1.29 is 14.3 Å². The lowest BCUT2D eigenvalue weighted by Gasteiger charge is -2.35. The largest absolute Gasteiger partial charge is 0.380 e. The van der Waals surface area contributed by atoms with Crippen molar-refractivity contribution in [1.29, 1.82) is 0 Å². The van der Waals surface area contributed by atoms with Crippen LogP contribution in [0.3, 0.4) is 0 Å². The number of rotatable bonds is 5. The molecule has 10 heteroatoms. The predicted molar refractivity (Wildman–Crippen MR) is 124 cm³/mol. The molecule has 1 saturated heterocycles. The van der Waals surface area contributed by atoms with E-state index in [4.69, 9.17) is 32.7 Å². The molecule has 0 aliphatic carbocycles. The third-order valence-corrected chi connectivity index (χ3v) is 7.88. The van der Waals surface area contributed by atoms with Gasteiger partial charge in [0, 0.05) is 35.9 Å². The molecule has 1 fully saturated rings. The smallest absolute Gasteiger partial charge is 0.256 e. The number of ether oxygens (including phenoxy) is 2. The standard InChI is InChI=1S/C22H21Cl2N3O4S/c1-10-18-20(32-9-25-18)14(21(28)26-10)6-27-4-3-12-15(23)5-13(17(24)16(12)22(27)29)19(30-2)11-7-31-8-11/h5,9,11,19H,3-4,6-8H2,1-2H3,(H,26,28). The van der Waals surface area contributed by atoms with E-state index in [9.17, 15) is 9.59 Å². The van der Waals surface area contributed by atoms with Gasteiger partial charge in [-0.15, -0.1) is 11.3 Å². The molecule has 1 atom stereocenters. The number of halogens is 2. The van der Waals surface area contributed by atoms with Crippen LogP contribution in [0.15, 0.2) is 16.4 Å². The Kier molecular flexibility index (Phi) is 5.75. The summed E-state index contributed by atoms with van der Waals surface area (Å²) in [5.74, 6) is -0.0792. The van der Waals surface area contributed by atoms with Crippen LogP contribution in [-0.4, -0.2) is 47.6 Å². The molecule has 2 aromatic heterocycles. The fourth-order valence-corrected chi connectivity index (χ4v) is 6.03. The number of hydrogen-bond acceptors (Lipinski definition) is 6. The number of nitrogens with one attached hydrogen (secondary N) is 1. The Morgan fingerprint density at radius 2 is 2.16 bits per heavy atom. The number of thiazole rings is 1. The van der Waals surface area contributed by atoms with Gasteiger partial charge in [-0.2, -0.15) is 0 Å². The van der Waals surface area contributed by atoms with Gasteiger partial charge in [0.1, 0.15) is 5.52 Å². The van der Waals surface area contributed by atoms with Gasteiger partial charge in [-0.05, 0) is 25.0 Å². The Bertz CT molecular complexity index is 1280. The first kappa shape index (κ1) is 21.9. The highest BCUT2D eigenvalue weighted by Crippen LogP contribution is 2.42. The predicted octanol–water partition coefficient (Wildman–Crippen LogP) is 4.13. The van der Waals surface area contributed by atoms with Crippen molar-refractivity contribution >= 4 is 50.7 Å². The molecule has 0 radical (unpaired) electrons. The number of aryl methyl sites for hydroxylation is 1. The van der Waals surface area contributed by atoms with Gasteiger partial charge in [0.05, 0.1) is 52.2 Å². The molecule has 32 heavy (non-hydrogen) atoms. The van der Waals surface area contributed by atoms with Crippen LogP contribution in [0.2, 0.25) is 10.0 Å². The van der Waals surface area contributed by atoms with Crippen molar-refractivity contribution in [2.45, 2.75) is 26.0 Å². The Morgan fingerprint density at radius 3 is 2.84 bits per heavy atom. The van der Waals surface area contributed by atoms with Gasteiger partial charge in [-0.1, -0.05) is 23.2 Å². The maximum Gasteiger partial charge on any atom is 0.256 e. The van der Waals surface area contributed by atoms with Gasteiger partial charge in [-0.25, -0.2) is 4.98 Å². The number of methoxy groups -OCH3 is 1. The molecule has 168 valence electrons. The summed E-state index contributed by atoms with van der Waals surface area (Å²) < 4.78 is 11.8. The Labute approximate surface area is 198 Å². The summed E-state index contributed by atoms with van der Waals surface area (Å²) in [6, 6.07) is 1.81. The first-order chi connectivity index (χ1) is 15.4. The minimum absolute atomic E-state index is 0.159. The van der Waals surface area contributed by atoms with E-state index in [2.05, 4.69) is 9.97 Å². The highest BCUT2D eigenvalue weighted by Gasteiger charge is 2.36. The molecule has 1 N–H and O–H groups in total. The van der Waals surface area contributed by atoms with E-state index in [1.807, 2.05) is 13.0 Å². The average Bonchev–Trinajstić information content (AvgIpc) is 3.22. The van der Waals surface area contributed by atoms with Gasteiger partial charge in [0.25, 0.3) is 11.5 Å². The molecule has 0 spiro atoms. The molecule has 0 bridgehead atoms. The number of carbonyl (C=O) groups excluding carboxylic acids is 1. The normalized spacial score (nSPS) is 17.5. The Balaban J connectivity index is 1.54. The number of hydrogen-bond donors (Lipinski definition) is 1. The maximum atomic E-state index is 13.6. The van der Waals surface area contributed by atoms with Gasteiger partial charge in [-0.3, -0.25) is 9.59 Å². The zero-order chi connectivity index (χ0) is 22.6. The lowest BCUT2D eigenvalue weighted by molar-refractivity contribution is -0.105. The Hall–Kier alpha value is -1.97. The quantitative estimate of drug-likeness (QED) is 0.577. The second kappa shape index (κ2) is 8.43. The van der Waals surface area contributed by atoms with Crippen LogP contribution in [0.1, 0.15) is 38.8 Å². The number of benzene rings is 1. The van der Waals surface area contributed by atoms with Crippen LogP contribution in [-0.2, 0) is 22.4 Å². The number of fused-ring (bicyclic) bond motifs is 2. The van der Waals surface area contributed by atoms with Gasteiger partial charge < -0.3 is 19.4 Å². The molecule has 1 aromatic carbocycles. The minimum Gasteiger partial charge on any atom is -0.380 e. The third-order valence-electron chi connectivity index (χ3n) is 6.25. The zero-order valence-electron chi connectivity index (χ0n) is 17.5. The fraction of sp³-hybridized carbons (Fsp3) is 0.409. The fourth-order valence-electron chi connectivity index (χ4n) is 4.49. The summed E-state index contributed by atoms with van der Waals surface area (Å²) in [5, 5.41) is 0.867. The second-order valence-corrected chi connectivity index (χ2v) is 9.77. The van der Waals surface area contributed by atoms with Crippen LogP contribution >= 0.6 is 34.5 Å². The van der Waals surface area contributed by atoms with Crippen LogP contribution < -0.4 is 5.56 Å². The third kappa shape index (κ3) is 3.45. The highest BCUT2D eigenvalue weighted by molar-refractivity contribution is 7.17. The number of aromatic amines is 1. The monoisotopic (exact) mass is 493 g/mol. The molecule has 1 unspecified atom stereocenters. The van der Waals surface area contributed by atoms with Crippen molar-refractivity contribution in [2.75, 3.05) is 26.9 Å². The molecule has 7 nitrogen and oxygen atoms in total. The summed E-state index contributed by atoms with van der Waals surface area (Å²) in [7, 11) is 1.62. The minimum atomic E-state index is -0.306. The molecule has 5 rings (SSSR count). The maximum absolute atomic E-state index is 13.6. The first-order valence-electron chi connectivity index (χ1n) is 10.3. The molecule has 3 aromatic rings. The lowest BCUT2D eigenvalue weighted by Crippen LogP contribution is -2.39. The topological polar surface area (TPSA) is 84.5 Å². The number of aromatic nitrogens is 2. The summed E-state index contributed by atoms with van der Waals surface area (Å²) in [5.41, 5.74) is 5.33. The van der Waals surface area contributed by atoms with Crippen LogP contribution in [0, 0.1) is 12.8 Å². The van der Waals surface area contributed by atoms with Crippen molar-refractivity contribution in [2.24, 2.45) is 5.92 Å². The van der Waals surface area contributed by atoms with Crippen LogP contribution in [0.5, 0.6) is 0 Å². The van der Waals surface area contributed by atoms with Crippen LogP contribution in [0.25, 0.3) is 10.2 Å². The highest BCUT2D eigenvalue weighted by atomic mass is 35.5. The van der Waals surface area contributed by atoms with Crippen molar-refractivity contribution in [3.05, 3.63) is 59.9 Å². The van der Waals surface area contributed by atoms with E-state index in [1.165, 1.54) is 11.3 Å². The summed E-state index contributed by atoms with van der Waals surface area (Å²) >= 11 is 14.8. The Morgan fingerprint density at radius 1 is 1.38 bits per heavy atom. The van der Waals surface area contributed by atoms with Crippen molar-refractivity contribution in [1.82, 2.24) is 14.9 Å². The van der Waals surface area contributed by atoms with Crippen LogP contribution in [0.4, 0.5) is 0 Å². The van der Waals surface area contributed by atoms with E-state index in [0.29, 0.717) is 52.9 Å². The number of pyridine rings is 1. The van der Waals surface area contributed by atoms with Gasteiger partial charge in [0.2, 0.25) is 0 Å². The van der Waals surface area contributed by atoms with Gasteiger partial charge >= 0.3 is 0 Å². The zero-order valence-corrected chi connectivity index (χ0v) is 19.9. The summed E-state index contributed by atoms with van der Waals surface area (Å²) in [6.45, 7) is 3.58. The molecular formula is C22H21Cl2N3O4S. The lowest BCUT2D eigenvalue weighted by atomic mass is 9.89. The summed E-state index contributed by atoms with van der Waals surface area (Å²) in [6.07, 6.45) is 0.249. The average molecular weight is 494 g/mol. The first-order valence-corrected chi connectivity index (χ1v) is 11.9. The van der Waals surface area contributed by atoms with E-state index >= 15 is 0 Å². The van der Waals surface area contributed by atoms with E-state index in [1.54, 1.807) is 17.5 Å². The molecule has 4 heterocycles. The molecular weight excluding hydrogens is 473 g/mol. The molecule has 2 aliphatic heterocycles. The number of H-pyrrole nitrogens is 1. The molecule has 0 saturated carbocycles. The number of amides is 1. The summed E-state index contributed by atoms with van der Waals surface area (Å²) in [4.78, 5) is 35.1. The van der Waals surface area contributed by atoms with Gasteiger partial charge in [0.15, 0.2) is 0 Å². The molecule has 2 aliphatic rings. The number of nitrogens with zero attached hydrogens (tertiary/aromatic N) is 2. The van der Waals surface area contributed by atoms with E-state index < -0.39 is 0 Å². The number of carbonyl (C=O) groups is 1. The van der Waals surface area contributed by atoms with Crippen molar-refractivity contribution in [3.63, 3.8) is 0 Å². The van der Waals surface area contributed by atoms with Crippen molar-refractivity contribution in [3.8, 4) is 0 Å². The second-order valence-electron chi connectivity index (χ2n) is 8.13. The SMILES string of the molecule is COC(c1cc(Cl)c2c(c1Cl)C(=O)N(Cc1c(=O)[nH]c(C)c3ncsc13)CC2)C1COC1. The van der Waals surface area contributed by atoms with E-state index in [-0.39, 0.29) is 30.0 Å².